The van der Waals surface area contributed by atoms with Gasteiger partial charge in [-0.05, 0) is 12.8 Å². The molecule has 0 saturated carbocycles. The molecule has 5 heteroatoms. The molecule has 0 aromatic rings. The molecular formula is C11H22N2O2S. The lowest BCUT2D eigenvalue weighted by molar-refractivity contribution is -0.121. The van der Waals surface area contributed by atoms with Gasteiger partial charge in [-0.3, -0.25) is 4.79 Å². The first kappa shape index (κ1) is 13.8. The zero-order chi connectivity index (χ0) is 11.8. The van der Waals surface area contributed by atoms with Crippen LogP contribution >= 0.6 is 11.8 Å². The lowest BCUT2D eigenvalue weighted by Gasteiger charge is -2.22. The van der Waals surface area contributed by atoms with Gasteiger partial charge in [0.15, 0.2) is 0 Å². The molecule has 1 amide bonds. The molecule has 1 fully saturated rings. The van der Waals surface area contributed by atoms with Crippen molar-refractivity contribution in [3.63, 3.8) is 0 Å². The highest BCUT2D eigenvalue weighted by Gasteiger charge is 2.16. The van der Waals surface area contributed by atoms with Gasteiger partial charge in [0.1, 0.15) is 0 Å². The molecule has 1 heterocycles. The summed E-state index contributed by atoms with van der Waals surface area (Å²) in [6.45, 7) is 3.51. The maximum atomic E-state index is 11.5. The third kappa shape index (κ3) is 5.72. The largest absolute Gasteiger partial charge is 0.393 e. The highest BCUT2D eigenvalue weighted by atomic mass is 32.2. The number of rotatable bonds is 6. The smallest absolute Gasteiger partial charge is 0.221 e. The van der Waals surface area contributed by atoms with Gasteiger partial charge in [-0.25, -0.2) is 0 Å². The summed E-state index contributed by atoms with van der Waals surface area (Å²) in [7, 11) is 0. The monoisotopic (exact) mass is 246 g/mol. The molecule has 16 heavy (non-hydrogen) atoms. The van der Waals surface area contributed by atoms with Crippen LogP contribution in [0, 0.1) is 0 Å². The fourth-order valence-corrected chi connectivity index (χ4v) is 2.58. The predicted molar refractivity (Wildman–Crippen MR) is 67.7 cm³/mol. The predicted octanol–water partition coefficient (Wildman–Crippen LogP) is 0.359. The summed E-state index contributed by atoms with van der Waals surface area (Å²) in [5.41, 5.74) is 0. The SMILES string of the molecule is CCC(O)CCNC(=O)CC1CSCCN1. The van der Waals surface area contributed by atoms with Gasteiger partial charge in [-0.15, -0.1) is 0 Å². The minimum absolute atomic E-state index is 0.0864. The van der Waals surface area contributed by atoms with E-state index in [4.69, 9.17) is 0 Å². The van der Waals surface area contributed by atoms with Crippen LogP contribution in [-0.4, -0.2) is 47.8 Å². The molecule has 1 saturated heterocycles. The Morgan fingerprint density at radius 3 is 3.12 bits per heavy atom. The third-order valence-corrected chi connectivity index (χ3v) is 3.83. The van der Waals surface area contributed by atoms with E-state index >= 15 is 0 Å². The van der Waals surface area contributed by atoms with Crippen molar-refractivity contribution in [3.8, 4) is 0 Å². The molecule has 0 radical (unpaired) electrons. The summed E-state index contributed by atoms with van der Waals surface area (Å²) in [5.74, 6) is 2.24. The zero-order valence-electron chi connectivity index (χ0n) is 9.87. The number of nitrogens with one attached hydrogen (secondary N) is 2. The summed E-state index contributed by atoms with van der Waals surface area (Å²) in [6, 6.07) is 0.315. The molecule has 94 valence electrons. The normalized spacial score (nSPS) is 22.8. The Labute approximate surface area is 102 Å². The number of hydrogen-bond donors (Lipinski definition) is 3. The van der Waals surface area contributed by atoms with E-state index in [1.807, 2.05) is 18.7 Å². The van der Waals surface area contributed by atoms with Gasteiger partial charge in [0.2, 0.25) is 5.91 Å². The third-order valence-electron chi connectivity index (χ3n) is 2.70. The quantitative estimate of drug-likeness (QED) is 0.633. The van der Waals surface area contributed by atoms with Crippen LogP contribution in [0.4, 0.5) is 0 Å². The van der Waals surface area contributed by atoms with Crippen molar-refractivity contribution < 1.29 is 9.90 Å². The first-order valence-electron chi connectivity index (χ1n) is 5.98. The number of amides is 1. The lowest BCUT2D eigenvalue weighted by atomic mass is 10.2. The second-order valence-electron chi connectivity index (χ2n) is 4.13. The fraction of sp³-hybridized carbons (Fsp3) is 0.909. The molecule has 4 nitrogen and oxygen atoms in total. The van der Waals surface area contributed by atoms with E-state index in [9.17, 15) is 9.90 Å². The van der Waals surface area contributed by atoms with Crippen LogP contribution in [0.1, 0.15) is 26.2 Å². The summed E-state index contributed by atoms with van der Waals surface area (Å²) >= 11 is 1.89. The summed E-state index contributed by atoms with van der Waals surface area (Å²) in [6.07, 6.45) is 1.66. The Balaban J connectivity index is 2.05. The first-order chi connectivity index (χ1) is 7.72. The van der Waals surface area contributed by atoms with Crippen LogP contribution in [0.25, 0.3) is 0 Å². The molecule has 0 aromatic carbocycles. The van der Waals surface area contributed by atoms with Gasteiger partial charge >= 0.3 is 0 Å². The molecule has 1 aliphatic rings. The molecule has 2 atom stereocenters. The van der Waals surface area contributed by atoms with Crippen LogP contribution in [0.2, 0.25) is 0 Å². The Morgan fingerprint density at radius 2 is 2.50 bits per heavy atom. The van der Waals surface area contributed by atoms with E-state index in [1.54, 1.807) is 0 Å². The van der Waals surface area contributed by atoms with Gasteiger partial charge in [0.25, 0.3) is 0 Å². The van der Waals surface area contributed by atoms with Crippen LogP contribution in [0.5, 0.6) is 0 Å². The number of thioether (sulfide) groups is 1. The zero-order valence-corrected chi connectivity index (χ0v) is 10.7. The Bertz CT molecular complexity index is 208. The van der Waals surface area contributed by atoms with Crippen LogP contribution in [0.3, 0.4) is 0 Å². The Kier molecular flexibility index (Phi) is 6.84. The second-order valence-corrected chi connectivity index (χ2v) is 5.28. The van der Waals surface area contributed by atoms with Crippen LogP contribution < -0.4 is 10.6 Å². The molecule has 1 aliphatic heterocycles. The van der Waals surface area contributed by atoms with Crippen molar-refractivity contribution in [1.82, 2.24) is 10.6 Å². The maximum absolute atomic E-state index is 11.5. The number of carbonyl (C=O) groups excluding carboxylic acids is 1. The Hall–Kier alpha value is -0.260. The molecule has 0 spiro atoms. The van der Waals surface area contributed by atoms with Gasteiger partial charge in [0.05, 0.1) is 6.10 Å². The van der Waals surface area contributed by atoms with Gasteiger partial charge in [-0.2, -0.15) is 11.8 Å². The van der Waals surface area contributed by atoms with Crippen molar-refractivity contribution in [2.24, 2.45) is 0 Å². The lowest BCUT2D eigenvalue weighted by Crippen LogP contribution is -2.41. The maximum Gasteiger partial charge on any atom is 0.221 e. The molecule has 0 bridgehead atoms. The number of aliphatic hydroxyl groups excluding tert-OH is 1. The van der Waals surface area contributed by atoms with Crippen molar-refractivity contribution in [3.05, 3.63) is 0 Å². The van der Waals surface area contributed by atoms with E-state index < -0.39 is 0 Å². The highest BCUT2D eigenvalue weighted by molar-refractivity contribution is 7.99. The van der Waals surface area contributed by atoms with Crippen LogP contribution in [0.15, 0.2) is 0 Å². The number of aliphatic hydroxyl groups is 1. The van der Waals surface area contributed by atoms with Gasteiger partial charge < -0.3 is 15.7 Å². The standard InChI is InChI=1S/C11H22N2O2S/c1-2-10(14)3-4-13-11(15)7-9-8-16-6-5-12-9/h9-10,12,14H,2-8H2,1H3,(H,13,15). The van der Waals surface area contributed by atoms with Crippen molar-refractivity contribution >= 4 is 17.7 Å². The molecule has 0 aromatic heterocycles. The first-order valence-corrected chi connectivity index (χ1v) is 7.13. The van der Waals surface area contributed by atoms with Crippen molar-refractivity contribution in [2.45, 2.75) is 38.3 Å². The molecule has 2 unspecified atom stereocenters. The average molecular weight is 246 g/mol. The van der Waals surface area contributed by atoms with E-state index in [1.165, 1.54) is 0 Å². The number of carbonyl (C=O) groups is 1. The number of hydrogen-bond acceptors (Lipinski definition) is 4. The molecule has 3 N–H and O–H groups in total. The summed E-state index contributed by atoms with van der Waals surface area (Å²) in [5, 5.41) is 15.5. The fourth-order valence-electron chi connectivity index (χ4n) is 1.63. The highest BCUT2D eigenvalue weighted by Crippen LogP contribution is 2.09. The van der Waals surface area contributed by atoms with Gasteiger partial charge in [-0.1, -0.05) is 6.92 Å². The van der Waals surface area contributed by atoms with E-state index in [0.717, 1.165) is 24.5 Å². The second kappa shape index (κ2) is 7.92. The average Bonchev–Trinajstić information content (AvgIpc) is 2.30. The Morgan fingerprint density at radius 1 is 1.69 bits per heavy atom. The van der Waals surface area contributed by atoms with Crippen molar-refractivity contribution in [2.75, 3.05) is 24.6 Å². The molecular weight excluding hydrogens is 224 g/mol. The topological polar surface area (TPSA) is 61.4 Å². The van der Waals surface area contributed by atoms with E-state index in [-0.39, 0.29) is 12.0 Å². The summed E-state index contributed by atoms with van der Waals surface area (Å²) < 4.78 is 0. The van der Waals surface area contributed by atoms with E-state index in [0.29, 0.717) is 25.4 Å². The minimum atomic E-state index is -0.288. The van der Waals surface area contributed by atoms with Crippen LogP contribution in [-0.2, 0) is 4.79 Å². The summed E-state index contributed by atoms with van der Waals surface area (Å²) in [4.78, 5) is 11.5. The molecule has 0 aliphatic carbocycles. The van der Waals surface area contributed by atoms with Gasteiger partial charge in [0, 0.05) is 37.1 Å². The minimum Gasteiger partial charge on any atom is -0.393 e. The van der Waals surface area contributed by atoms with Crippen molar-refractivity contribution in [1.29, 1.82) is 0 Å². The molecule has 1 rings (SSSR count). The van der Waals surface area contributed by atoms with E-state index in [2.05, 4.69) is 10.6 Å².